The second-order valence-electron chi connectivity index (χ2n) is 5.90. The number of anilines is 1. The second kappa shape index (κ2) is 7.04. The van der Waals surface area contributed by atoms with E-state index in [0.717, 1.165) is 13.1 Å². The Hall–Kier alpha value is -2.27. The molecule has 0 spiro atoms. The zero-order chi connectivity index (χ0) is 20.7. The molecule has 1 aromatic carbocycles. The molecule has 1 N–H and O–H groups in total. The molecule has 0 atom stereocenters. The van der Waals surface area contributed by atoms with Crippen LogP contribution in [0.2, 0.25) is 5.02 Å². The van der Waals surface area contributed by atoms with Crippen molar-refractivity contribution in [3.8, 4) is 5.69 Å². The Labute approximate surface area is 157 Å². The van der Waals surface area contributed by atoms with Crippen LogP contribution in [-0.2, 0) is 23.2 Å². The number of aromatic nitrogens is 2. The first-order valence-corrected chi connectivity index (χ1v) is 9.40. The fourth-order valence-electron chi connectivity index (χ4n) is 2.14. The average Bonchev–Trinajstić information content (AvgIpc) is 2.52. The van der Waals surface area contributed by atoms with Gasteiger partial charge < -0.3 is 0 Å². The largest absolute Gasteiger partial charge is 0.431 e. The summed E-state index contributed by atoms with van der Waals surface area (Å²) in [5.41, 5.74) is -4.11. The number of benzene rings is 1. The van der Waals surface area contributed by atoms with Crippen LogP contribution in [0.15, 0.2) is 33.9 Å². The maximum Gasteiger partial charge on any atom is 0.431 e. The van der Waals surface area contributed by atoms with Gasteiger partial charge in [0.1, 0.15) is 5.69 Å². The molecule has 0 saturated carbocycles. The molecule has 0 fully saturated rings. The molecule has 2 aromatic rings. The van der Waals surface area contributed by atoms with Gasteiger partial charge in [-0.25, -0.2) is 17.8 Å². The summed E-state index contributed by atoms with van der Waals surface area (Å²) in [5.74, 6) is 0. The van der Waals surface area contributed by atoms with Crippen molar-refractivity contribution in [3.63, 3.8) is 0 Å². The first kappa shape index (κ1) is 21.0. The molecule has 0 saturated heterocycles. The molecule has 12 heteroatoms. The molecule has 0 aliphatic heterocycles. The topological polar surface area (TPSA) is 90.2 Å². The Bertz CT molecular complexity index is 1100. The minimum absolute atomic E-state index is 0.0141. The lowest BCUT2D eigenvalue weighted by Crippen LogP contribution is -2.40. The van der Waals surface area contributed by atoms with Gasteiger partial charge in [0.25, 0.3) is 5.56 Å². The summed E-state index contributed by atoms with van der Waals surface area (Å²) in [4.78, 5) is 24.4. The number of hydrogen-bond acceptors (Lipinski definition) is 4. The third-order valence-electron chi connectivity index (χ3n) is 3.69. The summed E-state index contributed by atoms with van der Waals surface area (Å²) in [5, 5.41) is -0.807. The van der Waals surface area contributed by atoms with Crippen molar-refractivity contribution in [2.75, 3.05) is 4.72 Å². The first-order chi connectivity index (χ1) is 12.3. The molecule has 0 unspecified atom stereocenters. The highest BCUT2D eigenvalue weighted by Crippen LogP contribution is 2.28. The summed E-state index contributed by atoms with van der Waals surface area (Å²) in [6.45, 7) is 2.85. The Morgan fingerprint density at radius 1 is 1.15 bits per heavy atom. The molecule has 1 heterocycles. The zero-order valence-electron chi connectivity index (χ0n) is 14.3. The average molecular weight is 426 g/mol. The smallest absolute Gasteiger partial charge is 0.292 e. The maximum atomic E-state index is 12.9. The summed E-state index contributed by atoms with van der Waals surface area (Å²) >= 11 is 5.94. The van der Waals surface area contributed by atoms with E-state index in [1.807, 2.05) is 0 Å². The lowest BCUT2D eigenvalue weighted by atomic mass is 10.2. The molecule has 7 nitrogen and oxygen atoms in total. The van der Waals surface area contributed by atoms with Crippen LogP contribution in [0.5, 0.6) is 0 Å². The van der Waals surface area contributed by atoms with Gasteiger partial charge in [0, 0.05) is 13.1 Å². The number of nitrogens with one attached hydrogen (secondary N) is 1. The minimum atomic E-state index is -4.88. The number of halogens is 4. The van der Waals surface area contributed by atoms with Crippen LogP contribution >= 0.6 is 11.6 Å². The Morgan fingerprint density at radius 3 is 2.26 bits per heavy atom. The van der Waals surface area contributed by atoms with Gasteiger partial charge in [-0.15, -0.1) is 0 Å². The number of alkyl halides is 3. The lowest BCUT2D eigenvalue weighted by Gasteiger charge is -2.16. The number of hydrogen-bond donors (Lipinski definition) is 1. The van der Waals surface area contributed by atoms with E-state index < -0.39 is 38.4 Å². The number of nitrogens with zero attached hydrogens (tertiary/aromatic N) is 2. The molecule has 0 aliphatic rings. The molecule has 0 amide bonds. The van der Waals surface area contributed by atoms with Crippen molar-refractivity contribution >= 4 is 27.3 Å². The molecular formula is C15H15ClF3N3O4S. The lowest BCUT2D eigenvalue weighted by molar-refractivity contribution is -0.144. The van der Waals surface area contributed by atoms with Crippen LogP contribution in [0, 0.1) is 0 Å². The van der Waals surface area contributed by atoms with Crippen LogP contribution in [0.1, 0.15) is 19.5 Å². The van der Waals surface area contributed by atoms with Gasteiger partial charge in [0.2, 0.25) is 10.0 Å². The molecule has 148 valence electrons. The summed E-state index contributed by atoms with van der Waals surface area (Å²) in [6, 6.07) is 3.82. The highest BCUT2D eigenvalue weighted by Gasteiger charge is 2.35. The SMILES string of the molecule is CC(C)S(=O)(=O)Nc1cc(-n2c(=O)cc(C(F)(F)F)n(C)c2=O)ccc1Cl. The number of sulfonamides is 1. The molecule has 0 radical (unpaired) electrons. The van der Waals surface area contributed by atoms with E-state index in [1.54, 1.807) is 0 Å². The van der Waals surface area contributed by atoms with Crippen LogP contribution < -0.4 is 16.0 Å². The molecule has 27 heavy (non-hydrogen) atoms. The fraction of sp³-hybridized carbons (Fsp3) is 0.333. The molecule has 2 rings (SSSR count). The molecule has 0 aliphatic carbocycles. The standard InChI is InChI=1S/C15H15ClF3N3O4S/c1-8(2)27(25,26)20-11-6-9(4-5-10(11)16)22-13(23)7-12(15(17,18)19)21(3)14(22)24/h4-8,20H,1-3H3. The van der Waals surface area contributed by atoms with Crippen molar-refractivity contribution in [2.45, 2.75) is 25.3 Å². The molecule has 0 bridgehead atoms. The highest BCUT2D eigenvalue weighted by atomic mass is 35.5. The quantitative estimate of drug-likeness (QED) is 0.814. The molecular weight excluding hydrogens is 411 g/mol. The van der Waals surface area contributed by atoms with E-state index in [2.05, 4.69) is 4.72 Å². The highest BCUT2D eigenvalue weighted by molar-refractivity contribution is 7.93. The van der Waals surface area contributed by atoms with E-state index in [0.29, 0.717) is 4.57 Å². The Morgan fingerprint density at radius 2 is 1.74 bits per heavy atom. The predicted molar refractivity (Wildman–Crippen MR) is 95.0 cm³/mol. The first-order valence-electron chi connectivity index (χ1n) is 7.47. The maximum absolute atomic E-state index is 12.9. The van der Waals surface area contributed by atoms with Gasteiger partial charge in [-0.05, 0) is 32.0 Å². The van der Waals surface area contributed by atoms with E-state index in [1.165, 1.54) is 26.0 Å². The third kappa shape index (κ3) is 4.19. The van der Waals surface area contributed by atoms with Gasteiger partial charge in [-0.1, -0.05) is 11.6 Å². The Kier molecular flexibility index (Phi) is 5.48. The zero-order valence-corrected chi connectivity index (χ0v) is 15.9. The monoisotopic (exact) mass is 425 g/mol. The van der Waals surface area contributed by atoms with Gasteiger partial charge in [-0.3, -0.25) is 14.1 Å². The van der Waals surface area contributed by atoms with Crippen molar-refractivity contribution in [3.05, 3.63) is 55.8 Å². The van der Waals surface area contributed by atoms with Gasteiger partial charge in [0.05, 0.1) is 21.6 Å². The van der Waals surface area contributed by atoms with E-state index in [-0.39, 0.29) is 27.0 Å². The van der Waals surface area contributed by atoms with E-state index in [4.69, 9.17) is 11.6 Å². The third-order valence-corrected chi connectivity index (χ3v) is 5.77. The Balaban J connectivity index is 2.68. The van der Waals surface area contributed by atoms with Crippen molar-refractivity contribution in [1.29, 1.82) is 0 Å². The van der Waals surface area contributed by atoms with Crippen LogP contribution in [-0.4, -0.2) is 22.8 Å². The van der Waals surface area contributed by atoms with Crippen molar-refractivity contribution in [1.82, 2.24) is 9.13 Å². The summed E-state index contributed by atoms with van der Waals surface area (Å²) < 4.78 is 65.8. The summed E-state index contributed by atoms with van der Waals surface area (Å²) in [6.07, 6.45) is -4.88. The fourth-order valence-corrected chi connectivity index (χ4v) is 3.07. The summed E-state index contributed by atoms with van der Waals surface area (Å²) in [7, 11) is -2.91. The van der Waals surface area contributed by atoms with Crippen LogP contribution in [0.4, 0.5) is 18.9 Å². The predicted octanol–water partition coefficient (Wildman–Crippen LogP) is 2.36. The van der Waals surface area contributed by atoms with E-state index in [9.17, 15) is 31.2 Å². The minimum Gasteiger partial charge on any atom is -0.292 e. The normalized spacial score (nSPS) is 12.4. The van der Waals surface area contributed by atoms with Crippen LogP contribution in [0.25, 0.3) is 5.69 Å². The number of rotatable bonds is 4. The van der Waals surface area contributed by atoms with Gasteiger partial charge in [-0.2, -0.15) is 13.2 Å². The van der Waals surface area contributed by atoms with Crippen molar-refractivity contribution in [2.24, 2.45) is 7.05 Å². The van der Waals surface area contributed by atoms with Gasteiger partial charge in [0.15, 0.2) is 0 Å². The van der Waals surface area contributed by atoms with Gasteiger partial charge >= 0.3 is 11.9 Å². The van der Waals surface area contributed by atoms with E-state index >= 15 is 0 Å². The van der Waals surface area contributed by atoms with Crippen molar-refractivity contribution < 1.29 is 21.6 Å². The van der Waals surface area contributed by atoms with Crippen LogP contribution in [0.3, 0.4) is 0 Å². The molecule has 1 aromatic heterocycles. The second-order valence-corrected chi connectivity index (χ2v) is 8.55.